The number of aryl methyl sites for hydroxylation is 5. The molecule has 0 spiro atoms. The molecule has 3 N–H and O–H groups in total. The Morgan fingerprint density at radius 1 is 0.857 bits per heavy atom. The molecular formula is C19H26N2. The predicted molar refractivity (Wildman–Crippen MR) is 90.3 cm³/mol. The molecule has 0 heterocycles. The molecule has 0 aliphatic carbocycles. The van der Waals surface area contributed by atoms with Crippen molar-refractivity contribution in [2.75, 3.05) is 0 Å². The first kappa shape index (κ1) is 15.7. The number of hydrazine groups is 1. The van der Waals surface area contributed by atoms with E-state index in [1.165, 1.54) is 38.9 Å². The fraction of sp³-hybridized carbons (Fsp3) is 0.368. The van der Waals surface area contributed by atoms with Gasteiger partial charge in [-0.1, -0.05) is 35.9 Å². The average Bonchev–Trinajstić information content (AvgIpc) is 2.44. The fourth-order valence-electron chi connectivity index (χ4n) is 2.86. The van der Waals surface area contributed by atoms with Gasteiger partial charge in [0.25, 0.3) is 0 Å². The maximum Gasteiger partial charge on any atom is 0.0503 e. The topological polar surface area (TPSA) is 38.0 Å². The SMILES string of the molecule is Cc1ccc(C)c(CC(NN)c2cc(C)c(C)cc2C)c1. The number of benzene rings is 2. The Labute approximate surface area is 128 Å². The zero-order valence-electron chi connectivity index (χ0n) is 13.7. The van der Waals surface area contributed by atoms with Crippen molar-refractivity contribution in [2.24, 2.45) is 5.84 Å². The number of rotatable bonds is 4. The molecule has 2 rings (SSSR count). The van der Waals surface area contributed by atoms with Gasteiger partial charge in [-0.15, -0.1) is 0 Å². The van der Waals surface area contributed by atoms with Crippen LogP contribution in [0.15, 0.2) is 30.3 Å². The molecule has 0 amide bonds. The highest BCUT2D eigenvalue weighted by Crippen LogP contribution is 2.25. The van der Waals surface area contributed by atoms with Gasteiger partial charge < -0.3 is 0 Å². The summed E-state index contributed by atoms with van der Waals surface area (Å²) in [6, 6.07) is 11.3. The van der Waals surface area contributed by atoms with Crippen molar-refractivity contribution in [1.29, 1.82) is 0 Å². The van der Waals surface area contributed by atoms with E-state index >= 15 is 0 Å². The van der Waals surface area contributed by atoms with E-state index < -0.39 is 0 Å². The summed E-state index contributed by atoms with van der Waals surface area (Å²) in [6.07, 6.45) is 0.910. The zero-order valence-corrected chi connectivity index (χ0v) is 13.7. The van der Waals surface area contributed by atoms with Crippen LogP contribution >= 0.6 is 0 Å². The number of nitrogens with two attached hydrogens (primary N) is 1. The van der Waals surface area contributed by atoms with Gasteiger partial charge in [0.05, 0.1) is 6.04 Å². The lowest BCUT2D eigenvalue weighted by atomic mass is 9.91. The molecule has 2 aromatic rings. The van der Waals surface area contributed by atoms with Gasteiger partial charge >= 0.3 is 0 Å². The van der Waals surface area contributed by atoms with Crippen molar-refractivity contribution >= 4 is 0 Å². The minimum absolute atomic E-state index is 0.143. The van der Waals surface area contributed by atoms with Gasteiger partial charge in [-0.3, -0.25) is 11.3 Å². The zero-order chi connectivity index (χ0) is 15.6. The molecule has 1 atom stereocenters. The first-order chi connectivity index (χ1) is 9.92. The van der Waals surface area contributed by atoms with E-state index in [2.05, 4.69) is 70.4 Å². The second-order valence-electron chi connectivity index (χ2n) is 6.15. The van der Waals surface area contributed by atoms with Crippen molar-refractivity contribution in [3.05, 3.63) is 69.3 Å². The fourth-order valence-corrected chi connectivity index (χ4v) is 2.86. The Hall–Kier alpha value is -1.64. The van der Waals surface area contributed by atoms with Gasteiger partial charge in [0, 0.05) is 0 Å². The second-order valence-corrected chi connectivity index (χ2v) is 6.15. The molecule has 0 saturated carbocycles. The third-order valence-corrected chi connectivity index (χ3v) is 4.39. The van der Waals surface area contributed by atoms with E-state index in [-0.39, 0.29) is 6.04 Å². The summed E-state index contributed by atoms with van der Waals surface area (Å²) in [5.41, 5.74) is 12.2. The van der Waals surface area contributed by atoms with E-state index in [0.717, 1.165) is 6.42 Å². The molecular weight excluding hydrogens is 256 g/mol. The molecule has 112 valence electrons. The summed E-state index contributed by atoms with van der Waals surface area (Å²) >= 11 is 0. The van der Waals surface area contributed by atoms with Crippen LogP contribution in [0.1, 0.15) is 45.0 Å². The largest absolute Gasteiger partial charge is 0.271 e. The van der Waals surface area contributed by atoms with Crippen LogP contribution in [0, 0.1) is 34.6 Å². The Balaban J connectivity index is 2.36. The predicted octanol–water partition coefficient (Wildman–Crippen LogP) is 3.98. The maximum absolute atomic E-state index is 5.85. The van der Waals surface area contributed by atoms with Crippen LogP contribution < -0.4 is 11.3 Å². The number of hydrogen-bond donors (Lipinski definition) is 2. The van der Waals surface area contributed by atoms with Gasteiger partial charge in [0.15, 0.2) is 0 Å². The number of nitrogens with one attached hydrogen (secondary N) is 1. The van der Waals surface area contributed by atoms with Gasteiger partial charge in [-0.2, -0.15) is 0 Å². The van der Waals surface area contributed by atoms with Crippen LogP contribution in [-0.2, 0) is 6.42 Å². The van der Waals surface area contributed by atoms with Crippen molar-refractivity contribution in [2.45, 2.75) is 47.1 Å². The molecule has 1 unspecified atom stereocenters. The van der Waals surface area contributed by atoms with Gasteiger partial charge in [0.2, 0.25) is 0 Å². The van der Waals surface area contributed by atoms with Crippen LogP contribution in [0.4, 0.5) is 0 Å². The molecule has 0 fully saturated rings. The van der Waals surface area contributed by atoms with Crippen molar-refractivity contribution in [3.8, 4) is 0 Å². The standard InChI is InChI=1S/C19H26N2/c1-12-6-7-13(2)17(8-12)11-19(21-20)18-10-15(4)14(3)9-16(18)5/h6-10,19,21H,11,20H2,1-5H3. The quantitative estimate of drug-likeness (QED) is 0.657. The molecule has 0 radical (unpaired) electrons. The lowest BCUT2D eigenvalue weighted by Gasteiger charge is -2.21. The van der Waals surface area contributed by atoms with Crippen LogP contribution in [-0.4, -0.2) is 0 Å². The highest BCUT2D eigenvalue weighted by molar-refractivity contribution is 5.40. The molecule has 0 bridgehead atoms. The highest BCUT2D eigenvalue weighted by Gasteiger charge is 2.15. The molecule has 0 aliphatic rings. The van der Waals surface area contributed by atoms with Crippen LogP contribution in [0.2, 0.25) is 0 Å². The smallest absolute Gasteiger partial charge is 0.0503 e. The van der Waals surface area contributed by atoms with Crippen LogP contribution in [0.5, 0.6) is 0 Å². The van der Waals surface area contributed by atoms with Crippen LogP contribution in [0.3, 0.4) is 0 Å². The molecule has 2 aromatic carbocycles. The summed E-state index contributed by atoms with van der Waals surface area (Å²) < 4.78 is 0. The average molecular weight is 282 g/mol. The third kappa shape index (κ3) is 3.52. The normalized spacial score (nSPS) is 12.5. The Bertz CT molecular complexity index is 644. The summed E-state index contributed by atoms with van der Waals surface area (Å²) in [5.74, 6) is 5.85. The van der Waals surface area contributed by atoms with Gasteiger partial charge in [-0.05, 0) is 74.4 Å². The van der Waals surface area contributed by atoms with Crippen molar-refractivity contribution in [1.82, 2.24) is 5.43 Å². The van der Waals surface area contributed by atoms with E-state index in [0.29, 0.717) is 0 Å². The lowest BCUT2D eigenvalue weighted by molar-refractivity contribution is 0.547. The Morgan fingerprint density at radius 3 is 2.19 bits per heavy atom. The number of hydrogen-bond acceptors (Lipinski definition) is 2. The first-order valence-corrected chi connectivity index (χ1v) is 7.52. The summed E-state index contributed by atoms with van der Waals surface area (Å²) in [4.78, 5) is 0. The van der Waals surface area contributed by atoms with Crippen molar-refractivity contribution in [3.63, 3.8) is 0 Å². The van der Waals surface area contributed by atoms with E-state index in [4.69, 9.17) is 5.84 Å². The Kier molecular flexibility index (Phi) is 4.81. The molecule has 0 aliphatic heterocycles. The van der Waals surface area contributed by atoms with Crippen molar-refractivity contribution < 1.29 is 0 Å². The van der Waals surface area contributed by atoms with E-state index in [1.54, 1.807) is 0 Å². The molecule has 0 saturated heterocycles. The van der Waals surface area contributed by atoms with Crippen LogP contribution in [0.25, 0.3) is 0 Å². The minimum atomic E-state index is 0.143. The van der Waals surface area contributed by atoms with E-state index in [9.17, 15) is 0 Å². The van der Waals surface area contributed by atoms with Gasteiger partial charge in [-0.25, -0.2) is 0 Å². The first-order valence-electron chi connectivity index (χ1n) is 7.52. The highest BCUT2D eigenvalue weighted by atomic mass is 15.2. The van der Waals surface area contributed by atoms with E-state index in [1.807, 2.05) is 0 Å². The molecule has 21 heavy (non-hydrogen) atoms. The third-order valence-electron chi connectivity index (χ3n) is 4.39. The molecule has 2 heteroatoms. The molecule has 2 nitrogen and oxygen atoms in total. The minimum Gasteiger partial charge on any atom is -0.271 e. The second kappa shape index (κ2) is 6.42. The lowest BCUT2D eigenvalue weighted by Crippen LogP contribution is -2.30. The monoisotopic (exact) mass is 282 g/mol. The summed E-state index contributed by atoms with van der Waals surface area (Å²) in [5, 5.41) is 0. The summed E-state index contributed by atoms with van der Waals surface area (Å²) in [7, 11) is 0. The maximum atomic E-state index is 5.85. The molecule has 0 aromatic heterocycles. The summed E-state index contributed by atoms with van der Waals surface area (Å²) in [6.45, 7) is 10.8. The van der Waals surface area contributed by atoms with Gasteiger partial charge in [0.1, 0.15) is 0 Å². The Morgan fingerprint density at radius 2 is 1.52 bits per heavy atom.